The van der Waals surface area contributed by atoms with Gasteiger partial charge in [-0.15, -0.1) is 0 Å². The first kappa shape index (κ1) is 31.4. The summed E-state index contributed by atoms with van der Waals surface area (Å²) in [6.45, 7) is 13.5. The number of fused-ring (bicyclic) bond motifs is 4. The fourth-order valence-electron chi connectivity index (χ4n) is 12.4. The van der Waals surface area contributed by atoms with E-state index in [1.165, 1.54) is 77.6 Å². The number of carbonyl (C=O) groups is 2. The molecule has 7 heteroatoms. The van der Waals surface area contributed by atoms with Crippen molar-refractivity contribution in [2.24, 2.45) is 51.2 Å². The summed E-state index contributed by atoms with van der Waals surface area (Å²) in [5.41, 5.74) is 1.50. The molecule has 2 aliphatic heterocycles. The molecule has 2 spiro atoms. The van der Waals surface area contributed by atoms with Gasteiger partial charge in [0.25, 0.3) is 0 Å². The number of morpholine rings is 1. The Labute approximate surface area is 265 Å². The molecule has 8 fully saturated rings. The molecule has 8 rings (SSSR count). The Kier molecular flexibility index (Phi) is 8.22. The van der Waals surface area contributed by atoms with Gasteiger partial charge in [-0.25, -0.2) is 0 Å². The van der Waals surface area contributed by atoms with Crippen molar-refractivity contribution in [3.63, 3.8) is 0 Å². The van der Waals surface area contributed by atoms with Crippen LogP contribution in [-0.4, -0.2) is 68.2 Å². The summed E-state index contributed by atoms with van der Waals surface area (Å²) in [6.07, 6.45) is 18.3. The minimum absolute atomic E-state index is 0.0682. The van der Waals surface area contributed by atoms with Crippen LogP contribution in [0, 0.1) is 51.2 Å². The normalized spacial score (nSPS) is 48.2. The Balaban J connectivity index is 0.000000571. The Morgan fingerprint density at radius 3 is 2.45 bits per heavy atom. The molecule has 0 N–H and O–H groups in total. The SMILES string of the molecule is CC(=O)OCC1CCC2C(CC3C4CCC5C(C)(C)[C@@H](OC6CN(C=O)CCO6)CCC56C[C@@]46CC[C@]23C)O1.CCC1CC1. The molecule has 8 unspecified atom stereocenters. The summed E-state index contributed by atoms with van der Waals surface area (Å²) < 4.78 is 24.6. The molecule has 0 radical (unpaired) electrons. The van der Waals surface area contributed by atoms with Gasteiger partial charge in [0.05, 0.1) is 31.5 Å². The Hall–Kier alpha value is -1.18. The summed E-state index contributed by atoms with van der Waals surface area (Å²) >= 11 is 0. The van der Waals surface area contributed by atoms with Crippen molar-refractivity contribution < 1.29 is 28.5 Å². The van der Waals surface area contributed by atoms with Crippen LogP contribution in [0.25, 0.3) is 0 Å². The zero-order valence-electron chi connectivity index (χ0n) is 28.2. The molecule has 7 nitrogen and oxygen atoms in total. The number of carbonyl (C=O) groups excluding carboxylic acids is 2. The van der Waals surface area contributed by atoms with Gasteiger partial charge in [0.15, 0.2) is 6.29 Å². The van der Waals surface area contributed by atoms with Gasteiger partial charge in [-0.2, -0.15) is 0 Å². The first-order valence-electron chi connectivity index (χ1n) is 18.3. The van der Waals surface area contributed by atoms with Gasteiger partial charge in [-0.05, 0) is 115 Å². The second-order valence-electron chi connectivity index (χ2n) is 17.1. The van der Waals surface area contributed by atoms with E-state index in [0.717, 1.165) is 37.0 Å². The minimum Gasteiger partial charge on any atom is -0.463 e. The van der Waals surface area contributed by atoms with Crippen molar-refractivity contribution >= 4 is 12.4 Å². The largest absolute Gasteiger partial charge is 0.463 e. The summed E-state index contributed by atoms with van der Waals surface area (Å²) in [6, 6.07) is 0. The maximum absolute atomic E-state index is 11.4. The predicted octanol–water partition coefficient (Wildman–Crippen LogP) is 6.76. The van der Waals surface area contributed by atoms with Gasteiger partial charge >= 0.3 is 5.97 Å². The van der Waals surface area contributed by atoms with Crippen LogP contribution in [-0.2, 0) is 28.5 Å². The van der Waals surface area contributed by atoms with Gasteiger partial charge in [-0.1, -0.05) is 47.0 Å². The van der Waals surface area contributed by atoms with E-state index in [9.17, 15) is 9.59 Å². The Morgan fingerprint density at radius 2 is 1.75 bits per heavy atom. The van der Waals surface area contributed by atoms with E-state index in [0.29, 0.717) is 60.5 Å². The topological polar surface area (TPSA) is 74.3 Å². The van der Waals surface area contributed by atoms with Crippen LogP contribution in [0.1, 0.15) is 118 Å². The molecule has 44 heavy (non-hydrogen) atoms. The molecule has 1 amide bonds. The molecule has 2 heterocycles. The van der Waals surface area contributed by atoms with Crippen LogP contribution in [0.4, 0.5) is 0 Å². The molecule has 0 aromatic heterocycles. The fourth-order valence-corrected chi connectivity index (χ4v) is 12.4. The van der Waals surface area contributed by atoms with E-state index in [-0.39, 0.29) is 29.9 Å². The molecule has 6 saturated carbocycles. The Morgan fingerprint density at radius 1 is 0.955 bits per heavy atom. The van der Waals surface area contributed by atoms with E-state index >= 15 is 0 Å². The maximum atomic E-state index is 11.4. The third-order valence-electron chi connectivity index (χ3n) is 14.9. The number of esters is 1. The fraction of sp³-hybridized carbons (Fsp3) is 0.946. The van der Waals surface area contributed by atoms with Crippen LogP contribution in [0.5, 0.6) is 0 Å². The van der Waals surface area contributed by atoms with Gasteiger partial charge in [0, 0.05) is 13.5 Å². The molecule has 11 atom stereocenters. The molecule has 0 bridgehead atoms. The lowest BCUT2D eigenvalue weighted by Crippen LogP contribution is -2.56. The Bertz CT molecular complexity index is 1090. The third kappa shape index (κ3) is 5.09. The molecule has 248 valence electrons. The van der Waals surface area contributed by atoms with Crippen molar-refractivity contribution in [3.05, 3.63) is 0 Å². The van der Waals surface area contributed by atoms with Crippen molar-refractivity contribution in [2.75, 3.05) is 26.3 Å². The summed E-state index contributed by atoms with van der Waals surface area (Å²) in [5.74, 6) is 3.87. The highest BCUT2D eigenvalue weighted by Gasteiger charge is 2.80. The molecule has 8 aliphatic rings. The highest BCUT2D eigenvalue weighted by molar-refractivity contribution is 5.65. The lowest BCUT2D eigenvalue weighted by atomic mass is 9.46. The van der Waals surface area contributed by atoms with Crippen LogP contribution in [0.15, 0.2) is 0 Å². The number of nitrogens with zero attached hydrogens (tertiary/aromatic N) is 1. The van der Waals surface area contributed by atoms with E-state index < -0.39 is 0 Å². The highest BCUT2D eigenvalue weighted by Crippen LogP contribution is 2.87. The third-order valence-corrected chi connectivity index (χ3v) is 14.9. The first-order valence-corrected chi connectivity index (χ1v) is 18.3. The lowest BCUT2D eigenvalue weighted by Gasteiger charge is -2.60. The number of ether oxygens (including phenoxy) is 4. The number of hydrogen-bond donors (Lipinski definition) is 0. The van der Waals surface area contributed by atoms with Crippen molar-refractivity contribution in [1.29, 1.82) is 0 Å². The molecular formula is C37H59NO6. The summed E-state index contributed by atoms with van der Waals surface area (Å²) in [7, 11) is 0. The van der Waals surface area contributed by atoms with E-state index in [4.69, 9.17) is 18.9 Å². The zero-order chi connectivity index (χ0) is 30.9. The molecule has 0 aromatic rings. The highest BCUT2D eigenvalue weighted by atomic mass is 16.7. The summed E-state index contributed by atoms with van der Waals surface area (Å²) in [5, 5.41) is 0. The number of hydrogen-bond acceptors (Lipinski definition) is 6. The van der Waals surface area contributed by atoms with Crippen molar-refractivity contribution in [2.45, 2.75) is 143 Å². The zero-order valence-corrected chi connectivity index (χ0v) is 28.2. The van der Waals surface area contributed by atoms with E-state index in [1.807, 2.05) is 0 Å². The molecular weight excluding hydrogens is 554 g/mol. The minimum atomic E-state index is -0.298. The van der Waals surface area contributed by atoms with Gasteiger partial charge in [0.1, 0.15) is 6.61 Å². The quantitative estimate of drug-likeness (QED) is 0.243. The smallest absolute Gasteiger partial charge is 0.302 e. The summed E-state index contributed by atoms with van der Waals surface area (Å²) in [4.78, 5) is 24.5. The average Bonchev–Trinajstić information content (AvgIpc) is 3.93. The second-order valence-corrected chi connectivity index (χ2v) is 17.1. The predicted molar refractivity (Wildman–Crippen MR) is 167 cm³/mol. The van der Waals surface area contributed by atoms with Crippen LogP contribution in [0.3, 0.4) is 0 Å². The van der Waals surface area contributed by atoms with Gasteiger partial charge in [-0.3, -0.25) is 9.59 Å². The van der Waals surface area contributed by atoms with Crippen molar-refractivity contribution in [1.82, 2.24) is 4.90 Å². The van der Waals surface area contributed by atoms with E-state index in [1.54, 1.807) is 4.90 Å². The number of amides is 1. The first-order chi connectivity index (χ1) is 21.1. The van der Waals surface area contributed by atoms with E-state index in [2.05, 4.69) is 27.7 Å². The monoisotopic (exact) mass is 613 g/mol. The molecule has 2 saturated heterocycles. The van der Waals surface area contributed by atoms with Crippen LogP contribution in [0.2, 0.25) is 0 Å². The second kappa shape index (κ2) is 11.5. The molecule has 0 aromatic carbocycles. The standard InChI is InChI=1S/C32H49NO6.C5H10/c1-20(35)37-17-21-5-6-23-25(38-21)15-24-22-7-8-26-29(2,3)27(39-28-16-33(19-34)13-14-36-28)9-10-32(26)18-31(22,32)12-11-30(23,24)4;1-2-5-3-4-5/h19,21-28H,5-18H2,1-4H3;5H,2-4H2,1H3/t21?,22?,23?,24?,25?,26?,27-,28?,30+,31-,32?;/m0./s1. The molecule has 6 aliphatic carbocycles. The maximum Gasteiger partial charge on any atom is 0.302 e. The van der Waals surface area contributed by atoms with Crippen LogP contribution < -0.4 is 0 Å². The lowest BCUT2D eigenvalue weighted by molar-refractivity contribution is -0.243. The van der Waals surface area contributed by atoms with Crippen molar-refractivity contribution in [3.8, 4) is 0 Å². The average molecular weight is 614 g/mol. The van der Waals surface area contributed by atoms with Gasteiger partial charge < -0.3 is 23.8 Å². The van der Waals surface area contributed by atoms with Crippen LogP contribution >= 0.6 is 0 Å². The number of rotatable bonds is 6. The van der Waals surface area contributed by atoms with Gasteiger partial charge in [0.2, 0.25) is 6.41 Å².